The first-order chi connectivity index (χ1) is 18.8. The van der Waals surface area contributed by atoms with Gasteiger partial charge in [0.15, 0.2) is 0 Å². The third kappa shape index (κ3) is 8.89. The summed E-state index contributed by atoms with van der Waals surface area (Å²) in [5.41, 5.74) is 3.62. The molecule has 0 aliphatic carbocycles. The highest BCUT2D eigenvalue weighted by Gasteiger charge is 2.15. The van der Waals surface area contributed by atoms with Crippen molar-refractivity contribution in [3.8, 4) is 0 Å². The minimum Gasteiger partial charge on any atom is -0.377 e. The number of nitrogens with zero attached hydrogens (tertiary/aromatic N) is 2. The largest absolute Gasteiger partial charge is 0.377 e. The van der Waals surface area contributed by atoms with Gasteiger partial charge in [-0.25, -0.2) is 0 Å². The predicted octanol–water partition coefficient (Wildman–Crippen LogP) is 5.38. The van der Waals surface area contributed by atoms with E-state index < -0.39 is 0 Å². The second-order valence-corrected chi connectivity index (χ2v) is 9.85. The van der Waals surface area contributed by atoms with E-state index in [4.69, 9.17) is 18.9 Å². The maximum absolute atomic E-state index is 5.75. The minimum absolute atomic E-state index is 0.592. The molecule has 6 nitrogen and oxygen atoms in total. The number of thiazole rings is 1. The molecule has 0 unspecified atom stereocenters. The molecule has 0 saturated carbocycles. The topological polar surface area (TPSA) is 44.0 Å². The Morgan fingerprint density at radius 2 is 1.29 bits per heavy atom. The average Bonchev–Trinajstić information content (AvgIpc) is 3.30. The molecule has 0 radical (unpaired) electrons. The van der Waals surface area contributed by atoms with Crippen molar-refractivity contribution in [1.82, 2.24) is 0 Å². The molecule has 1 aliphatic rings. The van der Waals surface area contributed by atoms with Crippen molar-refractivity contribution in [2.75, 3.05) is 70.8 Å². The van der Waals surface area contributed by atoms with Crippen LogP contribution in [0.25, 0.3) is 22.4 Å². The molecule has 4 rings (SSSR count). The zero-order valence-electron chi connectivity index (χ0n) is 22.3. The second-order valence-electron chi connectivity index (χ2n) is 8.78. The first-order valence-corrected chi connectivity index (χ1v) is 14.3. The van der Waals surface area contributed by atoms with Crippen LogP contribution in [0.15, 0.2) is 72.8 Å². The molecule has 0 amide bonds. The molecule has 202 valence electrons. The van der Waals surface area contributed by atoms with Gasteiger partial charge in [0.25, 0.3) is 5.01 Å². The van der Waals surface area contributed by atoms with Gasteiger partial charge in [0.2, 0.25) is 5.52 Å². The van der Waals surface area contributed by atoms with Gasteiger partial charge >= 0.3 is 0 Å². The van der Waals surface area contributed by atoms with Gasteiger partial charge in [-0.1, -0.05) is 66.0 Å². The number of ether oxygens (including phenoxy) is 4. The molecule has 0 spiro atoms. The van der Waals surface area contributed by atoms with E-state index in [1.165, 1.54) is 15.2 Å². The van der Waals surface area contributed by atoms with Gasteiger partial charge < -0.3 is 23.8 Å². The van der Waals surface area contributed by atoms with Crippen molar-refractivity contribution in [3.05, 3.63) is 83.4 Å². The van der Waals surface area contributed by atoms with Crippen LogP contribution in [0.3, 0.4) is 0 Å². The van der Waals surface area contributed by atoms with Gasteiger partial charge in [-0.3, -0.25) is 0 Å². The van der Waals surface area contributed by atoms with Gasteiger partial charge in [0, 0.05) is 30.9 Å². The summed E-state index contributed by atoms with van der Waals surface area (Å²) in [5, 5.41) is 1.26. The molecule has 1 saturated heterocycles. The monoisotopic (exact) mass is 535 g/mol. The number of fused-ring (bicyclic) bond motifs is 1. The lowest BCUT2D eigenvalue weighted by atomic mass is 10.1. The molecule has 38 heavy (non-hydrogen) atoms. The van der Waals surface area contributed by atoms with Crippen LogP contribution in [0.4, 0.5) is 5.69 Å². The first-order valence-electron chi connectivity index (χ1n) is 13.4. The normalized spacial score (nSPS) is 17.4. The van der Waals surface area contributed by atoms with Crippen LogP contribution in [0.1, 0.15) is 17.5 Å². The molecule has 0 N–H and O–H groups in total. The smallest absolute Gasteiger partial charge is 0.262 e. The molecule has 1 aliphatic heterocycles. The van der Waals surface area contributed by atoms with Crippen molar-refractivity contribution in [2.45, 2.75) is 13.5 Å². The average molecular weight is 536 g/mol. The number of allylic oxidation sites excluding steroid dienone is 4. The summed E-state index contributed by atoms with van der Waals surface area (Å²) in [6.45, 7) is 9.63. The summed E-state index contributed by atoms with van der Waals surface area (Å²) in [4.78, 5) is 2.30. The molecule has 1 fully saturated rings. The van der Waals surface area contributed by atoms with E-state index in [1.807, 2.05) is 11.3 Å². The number of aryl methyl sites for hydroxylation is 1. The van der Waals surface area contributed by atoms with E-state index in [-0.39, 0.29) is 0 Å². The van der Waals surface area contributed by atoms with Gasteiger partial charge in [-0.15, -0.1) is 0 Å². The Balaban J connectivity index is 1.30. The fourth-order valence-corrected chi connectivity index (χ4v) is 5.35. The van der Waals surface area contributed by atoms with E-state index in [1.54, 1.807) is 0 Å². The Morgan fingerprint density at radius 3 is 1.92 bits per heavy atom. The lowest BCUT2D eigenvalue weighted by Gasteiger charge is -2.25. The lowest BCUT2D eigenvalue weighted by Crippen LogP contribution is -2.33. The van der Waals surface area contributed by atoms with Gasteiger partial charge in [-0.2, -0.15) is 4.57 Å². The summed E-state index contributed by atoms with van der Waals surface area (Å²) >= 11 is 1.82. The molecule has 2 heterocycles. The predicted molar refractivity (Wildman–Crippen MR) is 157 cm³/mol. The number of benzene rings is 2. The molecule has 3 aromatic rings. The van der Waals surface area contributed by atoms with E-state index in [0.717, 1.165) is 30.9 Å². The van der Waals surface area contributed by atoms with Gasteiger partial charge in [-0.05, 0) is 30.7 Å². The summed E-state index contributed by atoms with van der Waals surface area (Å²) in [7, 11) is 0. The maximum Gasteiger partial charge on any atom is 0.262 e. The fraction of sp³-hybridized carbons (Fsp3) is 0.387. The van der Waals surface area contributed by atoms with Gasteiger partial charge in [0.1, 0.15) is 11.2 Å². The number of aromatic nitrogens is 1. The molecular weight excluding hydrogens is 496 g/mol. The van der Waals surface area contributed by atoms with Crippen molar-refractivity contribution >= 4 is 39.4 Å². The van der Waals surface area contributed by atoms with Crippen LogP contribution in [-0.2, 0) is 25.5 Å². The summed E-state index contributed by atoms with van der Waals surface area (Å²) in [6, 6.07) is 17.2. The Labute approximate surface area is 230 Å². The highest BCUT2D eigenvalue weighted by molar-refractivity contribution is 7.18. The quantitative estimate of drug-likeness (QED) is 0.313. The zero-order valence-corrected chi connectivity index (χ0v) is 23.1. The van der Waals surface area contributed by atoms with Crippen LogP contribution >= 0.6 is 11.3 Å². The SMILES string of the molecule is CC[n+]1c(/C=C/C=C/C=C/c2ccc(N3CCOCCOCCOCCOCC3)cc2)sc2ccccc21. The summed E-state index contributed by atoms with van der Waals surface area (Å²) < 4.78 is 26.2. The van der Waals surface area contributed by atoms with E-state index in [9.17, 15) is 0 Å². The molecule has 0 atom stereocenters. The highest BCUT2D eigenvalue weighted by Crippen LogP contribution is 2.21. The molecule has 7 heteroatoms. The van der Waals surface area contributed by atoms with Crippen LogP contribution in [-0.4, -0.2) is 65.9 Å². The van der Waals surface area contributed by atoms with Crippen LogP contribution in [0.5, 0.6) is 0 Å². The first kappa shape index (κ1) is 28.2. The van der Waals surface area contributed by atoms with E-state index >= 15 is 0 Å². The Morgan fingerprint density at radius 1 is 0.711 bits per heavy atom. The lowest BCUT2D eigenvalue weighted by molar-refractivity contribution is -0.665. The zero-order chi connectivity index (χ0) is 26.3. The van der Waals surface area contributed by atoms with E-state index in [2.05, 4.69) is 101 Å². The number of anilines is 1. The summed E-state index contributed by atoms with van der Waals surface area (Å²) in [5.74, 6) is 0. The van der Waals surface area contributed by atoms with Crippen molar-refractivity contribution in [2.24, 2.45) is 0 Å². The van der Waals surface area contributed by atoms with Crippen molar-refractivity contribution in [3.63, 3.8) is 0 Å². The molecule has 0 bridgehead atoms. The number of hydrogen-bond donors (Lipinski definition) is 0. The molecular formula is C31H39N2O4S+. The third-order valence-electron chi connectivity index (χ3n) is 6.20. The Kier molecular flexibility index (Phi) is 12.0. The minimum atomic E-state index is 0.592. The molecule has 1 aromatic heterocycles. The van der Waals surface area contributed by atoms with Gasteiger partial charge in [0.05, 0.1) is 52.9 Å². The highest BCUT2D eigenvalue weighted by atomic mass is 32.1. The molecule has 2 aromatic carbocycles. The number of rotatable bonds is 6. The summed E-state index contributed by atoms with van der Waals surface area (Å²) in [6.07, 6.45) is 12.6. The fourth-order valence-electron chi connectivity index (χ4n) is 4.21. The Hall–Kier alpha value is -2.81. The van der Waals surface area contributed by atoms with Crippen molar-refractivity contribution < 1.29 is 23.5 Å². The van der Waals surface area contributed by atoms with Crippen LogP contribution < -0.4 is 9.47 Å². The van der Waals surface area contributed by atoms with Crippen molar-refractivity contribution in [1.29, 1.82) is 0 Å². The maximum atomic E-state index is 5.75. The second kappa shape index (κ2) is 16.2. The van der Waals surface area contributed by atoms with E-state index in [0.29, 0.717) is 52.9 Å². The Bertz CT molecular complexity index is 1170. The third-order valence-corrected chi connectivity index (χ3v) is 7.33. The number of hydrogen-bond acceptors (Lipinski definition) is 6. The standard InChI is InChI=1S/C31H39N2O4S/c1-2-33-29-10-7-8-11-30(29)38-31(33)12-6-4-3-5-9-27-13-15-28(16-14-27)32-17-19-34-21-23-36-25-26-37-24-22-35-20-18-32/h3-16H,2,17-26H2,1H3/q+1. The number of para-hydroxylation sites is 1. The van der Waals surface area contributed by atoms with Crippen LogP contribution in [0.2, 0.25) is 0 Å². The van der Waals surface area contributed by atoms with Crippen LogP contribution in [0, 0.1) is 0 Å².